The Morgan fingerprint density at radius 1 is 0.969 bits per heavy atom. The Hall–Kier alpha value is -3.62. The van der Waals surface area contributed by atoms with Gasteiger partial charge < -0.3 is 4.90 Å². The van der Waals surface area contributed by atoms with E-state index in [9.17, 15) is 4.79 Å². The summed E-state index contributed by atoms with van der Waals surface area (Å²) >= 11 is 0. The first-order valence-corrected chi connectivity index (χ1v) is 10.9. The molecule has 1 aromatic carbocycles. The molecule has 9 heteroatoms. The third-order valence-electron chi connectivity index (χ3n) is 5.90. The Labute approximate surface area is 186 Å². The van der Waals surface area contributed by atoms with Crippen LogP contribution in [-0.4, -0.2) is 58.7 Å². The molecule has 5 rings (SSSR count). The smallest absolute Gasteiger partial charge is 0.276 e. The van der Waals surface area contributed by atoms with E-state index in [2.05, 4.69) is 41.2 Å². The van der Waals surface area contributed by atoms with Gasteiger partial charge in [0.15, 0.2) is 17.2 Å². The van der Waals surface area contributed by atoms with Crippen molar-refractivity contribution in [1.29, 1.82) is 0 Å². The fourth-order valence-electron chi connectivity index (χ4n) is 4.01. The molecular weight excluding hydrogens is 404 g/mol. The fraction of sp³-hybridized carbons (Fsp3) is 0.391. The Morgan fingerprint density at radius 2 is 1.72 bits per heavy atom. The van der Waals surface area contributed by atoms with Crippen molar-refractivity contribution in [1.82, 2.24) is 39.7 Å². The van der Waals surface area contributed by atoms with Crippen molar-refractivity contribution in [3.8, 4) is 5.69 Å². The number of carbonyl (C=O) groups excluding carboxylic acids is 1. The van der Waals surface area contributed by atoms with Crippen molar-refractivity contribution in [3.05, 3.63) is 65.9 Å². The first-order valence-electron chi connectivity index (χ1n) is 10.9. The van der Waals surface area contributed by atoms with Gasteiger partial charge in [0.25, 0.3) is 5.91 Å². The van der Waals surface area contributed by atoms with Gasteiger partial charge in [-0.2, -0.15) is 19.5 Å². The van der Waals surface area contributed by atoms with Crippen LogP contribution in [0.2, 0.25) is 0 Å². The first-order chi connectivity index (χ1) is 15.4. The van der Waals surface area contributed by atoms with E-state index < -0.39 is 0 Å². The van der Waals surface area contributed by atoms with Gasteiger partial charge >= 0.3 is 0 Å². The van der Waals surface area contributed by atoms with Gasteiger partial charge in [-0.3, -0.25) is 4.79 Å². The number of nitrogens with zero attached hydrogens (tertiary/aromatic N) is 8. The minimum atomic E-state index is -0.0927. The molecule has 0 bridgehead atoms. The number of rotatable bonds is 3. The van der Waals surface area contributed by atoms with E-state index in [-0.39, 0.29) is 17.2 Å². The molecule has 1 aliphatic rings. The fourth-order valence-corrected chi connectivity index (χ4v) is 4.01. The summed E-state index contributed by atoms with van der Waals surface area (Å²) in [6.45, 7) is 7.70. The maximum Gasteiger partial charge on any atom is 0.276 e. The summed E-state index contributed by atoms with van der Waals surface area (Å²) in [5.74, 6) is 0.981. The number of hydrogen-bond donors (Lipinski definition) is 0. The monoisotopic (exact) mass is 430 g/mol. The third-order valence-corrected chi connectivity index (χ3v) is 5.90. The van der Waals surface area contributed by atoms with Crippen molar-refractivity contribution >= 4 is 11.6 Å². The molecule has 164 valence electrons. The third kappa shape index (κ3) is 3.74. The number of hydrogen-bond acceptors (Lipinski definition) is 6. The van der Waals surface area contributed by atoms with Gasteiger partial charge in [0, 0.05) is 24.4 Å². The predicted octanol–water partition coefficient (Wildman–Crippen LogP) is 3.02. The van der Waals surface area contributed by atoms with Crippen molar-refractivity contribution in [3.63, 3.8) is 0 Å². The molecule has 3 aromatic heterocycles. The van der Waals surface area contributed by atoms with Crippen LogP contribution >= 0.6 is 0 Å². The second-order valence-electron chi connectivity index (χ2n) is 9.22. The van der Waals surface area contributed by atoms with Gasteiger partial charge in [-0.25, -0.2) is 0 Å². The zero-order valence-corrected chi connectivity index (χ0v) is 18.5. The van der Waals surface area contributed by atoms with Crippen LogP contribution in [0.1, 0.15) is 61.5 Å². The number of para-hydroxylation sites is 1. The second kappa shape index (κ2) is 7.81. The van der Waals surface area contributed by atoms with E-state index in [0.29, 0.717) is 18.8 Å². The summed E-state index contributed by atoms with van der Waals surface area (Å²) in [5.41, 5.74) is 2.88. The number of carbonyl (C=O) groups is 1. The highest BCUT2D eigenvalue weighted by molar-refractivity contribution is 5.92. The largest absolute Gasteiger partial charge is 0.337 e. The van der Waals surface area contributed by atoms with Gasteiger partial charge in [0.2, 0.25) is 0 Å². The van der Waals surface area contributed by atoms with Crippen molar-refractivity contribution < 1.29 is 4.79 Å². The minimum absolute atomic E-state index is 0.0529. The molecule has 1 aliphatic heterocycles. The molecule has 4 aromatic rings. The first kappa shape index (κ1) is 20.3. The average molecular weight is 431 g/mol. The van der Waals surface area contributed by atoms with Gasteiger partial charge in [-0.05, 0) is 37.1 Å². The molecule has 4 heterocycles. The summed E-state index contributed by atoms with van der Waals surface area (Å²) in [7, 11) is 0. The highest BCUT2D eigenvalue weighted by Crippen LogP contribution is 2.28. The number of likely N-dealkylation sites (tertiary alicyclic amines) is 1. The summed E-state index contributed by atoms with van der Waals surface area (Å²) in [4.78, 5) is 16.3. The normalized spacial score (nSPS) is 15.4. The molecule has 9 nitrogen and oxygen atoms in total. The topological polar surface area (TPSA) is 94.1 Å². The standard InChI is InChI=1S/C23H26N8O/c1-23(2,3)19-9-10-20-25-26-21(30(20)28-19)16-11-13-29(14-12-16)22(32)18-15-24-31(27-18)17-7-5-4-6-8-17/h4-10,15-16H,11-14H2,1-3H3. The zero-order chi connectivity index (χ0) is 22.3. The number of benzene rings is 1. The lowest BCUT2D eigenvalue weighted by Gasteiger charge is -2.30. The van der Waals surface area contributed by atoms with Crippen LogP contribution < -0.4 is 0 Å². The summed E-state index contributed by atoms with van der Waals surface area (Å²) in [6.07, 6.45) is 3.15. The van der Waals surface area contributed by atoms with E-state index in [1.807, 2.05) is 51.9 Å². The lowest BCUT2D eigenvalue weighted by Crippen LogP contribution is -2.38. The number of fused-ring (bicyclic) bond motifs is 1. The SMILES string of the molecule is CC(C)(C)c1ccc2nnc(C3CCN(C(=O)c4cnn(-c5ccccc5)n4)CC3)n2n1. The molecule has 0 N–H and O–H groups in total. The molecule has 1 amide bonds. The van der Waals surface area contributed by atoms with Crippen LogP contribution in [-0.2, 0) is 5.41 Å². The van der Waals surface area contributed by atoms with Crippen molar-refractivity contribution in [2.75, 3.05) is 13.1 Å². The molecule has 0 atom stereocenters. The Balaban J connectivity index is 1.29. The van der Waals surface area contributed by atoms with Crippen LogP contribution in [0.4, 0.5) is 0 Å². The summed E-state index contributed by atoms with van der Waals surface area (Å²) in [6, 6.07) is 13.6. The van der Waals surface area contributed by atoms with Crippen LogP contribution in [0.5, 0.6) is 0 Å². The molecular formula is C23H26N8O. The molecule has 32 heavy (non-hydrogen) atoms. The molecule has 0 aliphatic carbocycles. The quantitative estimate of drug-likeness (QED) is 0.496. The van der Waals surface area contributed by atoms with Gasteiger partial charge in [0.1, 0.15) is 0 Å². The Kier molecular flexibility index (Phi) is 4.96. The minimum Gasteiger partial charge on any atom is -0.337 e. The number of amides is 1. The van der Waals surface area contributed by atoms with E-state index in [0.717, 1.165) is 35.7 Å². The van der Waals surface area contributed by atoms with E-state index in [4.69, 9.17) is 5.10 Å². The lowest BCUT2D eigenvalue weighted by molar-refractivity contribution is 0.0704. The second-order valence-corrected chi connectivity index (χ2v) is 9.22. The molecule has 0 radical (unpaired) electrons. The molecule has 0 saturated carbocycles. The highest BCUT2D eigenvalue weighted by Gasteiger charge is 2.29. The highest BCUT2D eigenvalue weighted by atomic mass is 16.2. The summed E-state index contributed by atoms with van der Waals surface area (Å²) in [5, 5.41) is 22.2. The van der Waals surface area contributed by atoms with E-state index in [1.54, 1.807) is 0 Å². The van der Waals surface area contributed by atoms with Crippen LogP contribution in [0.15, 0.2) is 48.7 Å². The van der Waals surface area contributed by atoms with Crippen LogP contribution in [0, 0.1) is 0 Å². The van der Waals surface area contributed by atoms with Crippen LogP contribution in [0.3, 0.4) is 0 Å². The van der Waals surface area contributed by atoms with Gasteiger partial charge in [-0.1, -0.05) is 39.0 Å². The average Bonchev–Trinajstić information content (AvgIpc) is 3.46. The molecule has 0 spiro atoms. The number of aromatic nitrogens is 7. The van der Waals surface area contributed by atoms with E-state index >= 15 is 0 Å². The molecule has 1 saturated heterocycles. The summed E-state index contributed by atoms with van der Waals surface area (Å²) < 4.78 is 1.87. The maximum atomic E-state index is 13.0. The van der Waals surface area contributed by atoms with Crippen molar-refractivity contribution in [2.24, 2.45) is 0 Å². The molecule has 0 unspecified atom stereocenters. The lowest BCUT2D eigenvalue weighted by atomic mass is 9.92. The van der Waals surface area contributed by atoms with Gasteiger partial charge in [-0.15, -0.1) is 15.3 Å². The predicted molar refractivity (Wildman–Crippen MR) is 119 cm³/mol. The Morgan fingerprint density at radius 3 is 2.44 bits per heavy atom. The maximum absolute atomic E-state index is 13.0. The van der Waals surface area contributed by atoms with Crippen LogP contribution in [0.25, 0.3) is 11.3 Å². The van der Waals surface area contributed by atoms with Crippen molar-refractivity contribution in [2.45, 2.75) is 44.9 Å². The molecule has 1 fully saturated rings. The van der Waals surface area contributed by atoms with E-state index in [1.165, 1.54) is 11.0 Å². The zero-order valence-electron chi connectivity index (χ0n) is 18.5. The Bertz CT molecular complexity index is 1250. The number of piperidine rings is 1. The van der Waals surface area contributed by atoms with Gasteiger partial charge in [0.05, 0.1) is 17.6 Å².